The lowest BCUT2D eigenvalue weighted by Gasteiger charge is -1.98. The molecule has 56 valence electrons. The van der Waals surface area contributed by atoms with Crippen LogP contribution < -0.4 is 4.74 Å². The maximum absolute atomic E-state index is 8.45. The van der Waals surface area contributed by atoms with Crippen LogP contribution in [0.2, 0.25) is 0 Å². The van der Waals surface area contributed by atoms with Crippen molar-refractivity contribution in [3.63, 3.8) is 0 Å². The number of nitrogens with zero attached hydrogens (tertiary/aromatic N) is 3. The third-order valence-electron chi connectivity index (χ3n) is 1.14. The number of aryl methyl sites for hydroxylation is 1. The minimum absolute atomic E-state index is 0.141. The maximum atomic E-state index is 8.45. The fourth-order valence-electron chi connectivity index (χ4n) is 0.694. The summed E-state index contributed by atoms with van der Waals surface area (Å²) in [6.45, 7) is 1.78. The Labute approximate surface area is 64.5 Å². The lowest BCUT2D eigenvalue weighted by atomic mass is 10.4. The van der Waals surface area contributed by atoms with Crippen molar-refractivity contribution in [1.82, 2.24) is 9.97 Å². The Kier molecular flexibility index (Phi) is 2.02. The number of methoxy groups -OCH3 is 1. The highest BCUT2D eigenvalue weighted by molar-refractivity contribution is 5.20. The van der Waals surface area contributed by atoms with E-state index in [9.17, 15) is 0 Å². The molecule has 4 heteroatoms. The van der Waals surface area contributed by atoms with E-state index < -0.39 is 0 Å². The molecule has 0 amide bonds. The highest BCUT2D eigenvalue weighted by atomic mass is 16.5. The highest BCUT2D eigenvalue weighted by Crippen LogP contribution is 2.06. The minimum Gasteiger partial charge on any atom is -0.481 e. The molecule has 1 aromatic rings. The number of hydrogen-bond donors (Lipinski definition) is 0. The molecule has 0 saturated carbocycles. The van der Waals surface area contributed by atoms with Crippen LogP contribution >= 0.6 is 0 Å². The molecule has 0 radical (unpaired) electrons. The summed E-state index contributed by atoms with van der Waals surface area (Å²) in [5.74, 6) is 0.566. The summed E-state index contributed by atoms with van der Waals surface area (Å²) in [6.07, 6.45) is 0. The molecule has 0 aliphatic rings. The number of ether oxygens (including phenoxy) is 1. The van der Waals surface area contributed by atoms with Gasteiger partial charge in [0.15, 0.2) is 0 Å². The van der Waals surface area contributed by atoms with E-state index in [1.807, 2.05) is 6.07 Å². The van der Waals surface area contributed by atoms with E-state index in [1.54, 1.807) is 13.0 Å². The van der Waals surface area contributed by atoms with Crippen LogP contribution in [0.15, 0.2) is 6.07 Å². The normalized spacial score (nSPS) is 8.82. The molecule has 0 unspecified atom stereocenters. The molecule has 1 rings (SSSR count). The molecule has 0 saturated heterocycles. The van der Waals surface area contributed by atoms with Crippen molar-refractivity contribution in [2.45, 2.75) is 6.92 Å². The Morgan fingerprint density at radius 1 is 1.55 bits per heavy atom. The first-order valence-corrected chi connectivity index (χ1v) is 3.06. The largest absolute Gasteiger partial charge is 0.481 e. The van der Waals surface area contributed by atoms with Crippen LogP contribution in [0, 0.1) is 18.3 Å². The molecule has 0 aliphatic heterocycles. The van der Waals surface area contributed by atoms with Crippen LogP contribution in [0.3, 0.4) is 0 Å². The Morgan fingerprint density at radius 3 is 2.82 bits per heavy atom. The van der Waals surface area contributed by atoms with Crippen LogP contribution in [-0.2, 0) is 0 Å². The molecule has 0 aromatic carbocycles. The number of hydrogen-bond acceptors (Lipinski definition) is 4. The average molecular weight is 149 g/mol. The lowest BCUT2D eigenvalue weighted by molar-refractivity contribution is 0.395. The fraction of sp³-hybridized carbons (Fsp3) is 0.286. The predicted molar refractivity (Wildman–Crippen MR) is 38.0 cm³/mol. The number of nitriles is 1. The van der Waals surface area contributed by atoms with Gasteiger partial charge < -0.3 is 4.74 Å². The summed E-state index contributed by atoms with van der Waals surface area (Å²) < 4.78 is 4.84. The zero-order valence-corrected chi connectivity index (χ0v) is 6.33. The van der Waals surface area contributed by atoms with E-state index in [-0.39, 0.29) is 5.82 Å². The van der Waals surface area contributed by atoms with E-state index in [0.717, 1.165) is 5.69 Å². The average Bonchev–Trinajstić information content (AvgIpc) is 2.03. The van der Waals surface area contributed by atoms with Crippen molar-refractivity contribution >= 4 is 0 Å². The summed E-state index contributed by atoms with van der Waals surface area (Å²) in [6, 6.07) is 3.51. The van der Waals surface area contributed by atoms with Gasteiger partial charge in [0.25, 0.3) is 0 Å². The van der Waals surface area contributed by atoms with Crippen molar-refractivity contribution in [2.24, 2.45) is 0 Å². The van der Waals surface area contributed by atoms with Crippen molar-refractivity contribution in [3.8, 4) is 11.9 Å². The first-order chi connectivity index (χ1) is 5.26. The second kappa shape index (κ2) is 2.97. The topological polar surface area (TPSA) is 58.8 Å². The Bertz CT molecular complexity index is 303. The molecule has 1 aromatic heterocycles. The number of aromatic nitrogens is 2. The van der Waals surface area contributed by atoms with Gasteiger partial charge in [0.1, 0.15) is 6.07 Å². The lowest BCUT2D eigenvalue weighted by Crippen LogP contribution is -1.95. The smallest absolute Gasteiger partial charge is 0.235 e. The summed E-state index contributed by atoms with van der Waals surface area (Å²) >= 11 is 0. The quantitative estimate of drug-likeness (QED) is 0.588. The van der Waals surface area contributed by atoms with Gasteiger partial charge in [0, 0.05) is 11.8 Å². The Hall–Kier alpha value is -1.63. The summed E-state index contributed by atoms with van der Waals surface area (Å²) in [4.78, 5) is 7.62. The second-order valence-electron chi connectivity index (χ2n) is 1.99. The van der Waals surface area contributed by atoms with Crippen LogP contribution in [0.25, 0.3) is 0 Å². The van der Waals surface area contributed by atoms with Crippen LogP contribution in [0.1, 0.15) is 11.5 Å². The van der Waals surface area contributed by atoms with E-state index in [2.05, 4.69) is 9.97 Å². The second-order valence-corrected chi connectivity index (χ2v) is 1.99. The Morgan fingerprint density at radius 2 is 2.27 bits per heavy atom. The van der Waals surface area contributed by atoms with Gasteiger partial charge in [0.2, 0.25) is 11.7 Å². The van der Waals surface area contributed by atoms with Crippen molar-refractivity contribution < 1.29 is 4.74 Å². The van der Waals surface area contributed by atoms with Gasteiger partial charge in [-0.2, -0.15) is 10.2 Å². The van der Waals surface area contributed by atoms with Gasteiger partial charge in [0.05, 0.1) is 7.11 Å². The Balaban J connectivity index is 3.15. The maximum Gasteiger partial charge on any atom is 0.235 e. The molecule has 0 aliphatic carbocycles. The SMILES string of the molecule is COc1cc(C)nc(C#N)n1. The van der Waals surface area contributed by atoms with Gasteiger partial charge in [-0.15, -0.1) is 0 Å². The van der Waals surface area contributed by atoms with Gasteiger partial charge >= 0.3 is 0 Å². The molecule has 11 heavy (non-hydrogen) atoms. The zero-order valence-electron chi connectivity index (χ0n) is 6.33. The molecule has 0 spiro atoms. The summed E-state index contributed by atoms with van der Waals surface area (Å²) in [5.41, 5.74) is 0.730. The van der Waals surface area contributed by atoms with Crippen molar-refractivity contribution in [3.05, 3.63) is 17.6 Å². The molecular formula is C7H7N3O. The first-order valence-electron chi connectivity index (χ1n) is 3.06. The summed E-state index contributed by atoms with van der Waals surface area (Å²) in [5, 5.41) is 8.45. The molecule has 4 nitrogen and oxygen atoms in total. The zero-order chi connectivity index (χ0) is 8.27. The van der Waals surface area contributed by atoms with Crippen molar-refractivity contribution in [2.75, 3.05) is 7.11 Å². The molecule has 0 N–H and O–H groups in total. The van der Waals surface area contributed by atoms with E-state index in [1.165, 1.54) is 7.11 Å². The molecule has 0 atom stereocenters. The molecule has 1 heterocycles. The predicted octanol–water partition coefficient (Wildman–Crippen LogP) is 0.665. The molecular weight excluding hydrogens is 142 g/mol. The van der Waals surface area contributed by atoms with E-state index in [0.29, 0.717) is 5.88 Å². The van der Waals surface area contributed by atoms with Gasteiger partial charge in [-0.3, -0.25) is 0 Å². The van der Waals surface area contributed by atoms with Gasteiger partial charge in [-0.1, -0.05) is 0 Å². The first kappa shape index (κ1) is 7.48. The third-order valence-corrected chi connectivity index (χ3v) is 1.14. The van der Waals surface area contributed by atoms with Crippen LogP contribution in [-0.4, -0.2) is 17.1 Å². The van der Waals surface area contributed by atoms with Crippen molar-refractivity contribution in [1.29, 1.82) is 5.26 Å². The van der Waals surface area contributed by atoms with Crippen LogP contribution in [0.5, 0.6) is 5.88 Å². The number of rotatable bonds is 1. The van der Waals surface area contributed by atoms with Gasteiger partial charge in [-0.05, 0) is 6.92 Å². The summed E-state index contributed by atoms with van der Waals surface area (Å²) in [7, 11) is 1.50. The minimum atomic E-state index is 0.141. The van der Waals surface area contributed by atoms with Crippen LogP contribution in [0.4, 0.5) is 0 Å². The monoisotopic (exact) mass is 149 g/mol. The standard InChI is InChI=1S/C7H7N3O/c1-5-3-7(11-2)10-6(4-8)9-5/h3H,1-2H3. The fourth-order valence-corrected chi connectivity index (χ4v) is 0.694. The van der Waals surface area contributed by atoms with E-state index >= 15 is 0 Å². The van der Waals surface area contributed by atoms with E-state index in [4.69, 9.17) is 10.00 Å². The third kappa shape index (κ3) is 1.64. The molecule has 0 fully saturated rings. The van der Waals surface area contributed by atoms with Gasteiger partial charge in [-0.25, -0.2) is 4.98 Å². The highest BCUT2D eigenvalue weighted by Gasteiger charge is 1.99. The molecule has 0 bridgehead atoms.